The minimum Gasteiger partial charge on any atom is -0.496 e. The molecule has 10 heteroatoms. The molecule has 0 amide bonds. The summed E-state index contributed by atoms with van der Waals surface area (Å²) >= 11 is 0. The maximum absolute atomic E-state index is 11.0. The average Bonchev–Trinajstić information content (AvgIpc) is 2.64. The highest BCUT2D eigenvalue weighted by Crippen LogP contribution is 2.29. The Morgan fingerprint density at radius 1 is 1.00 bits per heavy atom. The molecule has 0 radical (unpaired) electrons. The van der Waals surface area contributed by atoms with Crippen LogP contribution in [0.25, 0.3) is 0 Å². The molecular weight excluding hydrogens is 344 g/mol. The van der Waals surface area contributed by atoms with Gasteiger partial charge in [0.15, 0.2) is 0 Å². The van der Waals surface area contributed by atoms with Gasteiger partial charge in [-0.15, -0.1) is 0 Å². The second-order valence-electron chi connectivity index (χ2n) is 5.24. The smallest absolute Gasteiger partial charge is 0.271 e. The van der Waals surface area contributed by atoms with Crippen LogP contribution in [0.3, 0.4) is 0 Å². The molecule has 26 heavy (non-hydrogen) atoms. The van der Waals surface area contributed by atoms with E-state index in [1.54, 1.807) is 0 Å². The number of benzene rings is 2. The van der Waals surface area contributed by atoms with Crippen LogP contribution in [-0.4, -0.2) is 35.2 Å². The van der Waals surface area contributed by atoms with E-state index in [-0.39, 0.29) is 31.1 Å². The Labute approximate surface area is 148 Å². The number of hydrogen-bond donors (Lipinski definition) is 3. The lowest BCUT2D eigenvalue weighted by Gasteiger charge is -2.15. The molecule has 0 atom stereocenters. The highest BCUT2D eigenvalue weighted by Gasteiger charge is 2.14. The first-order valence-electron chi connectivity index (χ1n) is 7.64. The SMILES string of the molecule is COc1ccc([N+](=O)[O-])cc1CNc1cc([N+](=O)[O-])ccc1NCCO. The molecule has 0 bridgehead atoms. The van der Waals surface area contributed by atoms with Crippen molar-refractivity contribution in [1.82, 2.24) is 0 Å². The lowest BCUT2D eigenvalue weighted by molar-refractivity contribution is -0.385. The van der Waals surface area contributed by atoms with E-state index in [1.165, 1.54) is 43.5 Å². The molecule has 0 aliphatic rings. The molecule has 0 aliphatic carbocycles. The Balaban J connectivity index is 2.29. The van der Waals surface area contributed by atoms with E-state index in [4.69, 9.17) is 9.84 Å². The second-order valence-corrected chi connectivity index (χ2v) is 5.24. The summed E-state index contributed by atoms with van der Waals surface area (Å²) in [6.45, 7) is 0.321. The van der Waals surface area contributed by atoms with Crippen molar-refractivity contribution in [3.05, 3.63) is 62.2 Å². The summed E-state index contributed by atoms with van der Waals surface area (Å²) in [7, 11) is 1.45. The summed E-state index contributed by atoms with van der Waals surface area (Å²) < 4.78 is 5.21. The number of hydrogen-bond acceptors (Lipinski definition) is 8. The third kappa shape index (κ3) is 4.57. The molecular formula is C16H18N4O6. The summed E-state index contributed by atoms with van der Waals surface area (Å²) in [5.41, 5.74) is 1.34. The molecule has 2 aromatic rings. The van der Waals surface area contributed by atoms with Gasteiger partial charge in [-0.05, 0) is 12.1 Å². The summed E-state index contributed by atoms with van der Waals surface area (Å²) in [5.74, 6) is 0.457. The molecule has 3 N–H and O–H groups in total. The van der Waals surface area contributed by atoms with Gasteiger partial charge in [0, 0.05) is 42.9 Å². The van der Waals surface area contributed by atoms with Crippen LogP contribution in [0.15, 0.2) is 36.4 Å². The standard InChI is InChI=1S/C16H18N4O6/c1-26-16-5-3-12(19(22)23)8-11(16)10-18-15-9-13(20(24)25)2-4-14(15)17-6-7-21/h2-5,8-9,17-18,21H,6-7,10H2,1H3. The maximum atomic E-state index is 11.0. The van der Waals surface area contributed by atoms with Crippen LogP contribution in [0.5, 0.6) is 5.75 Å². The molecule has 138 valence electrons. The largest absolute Gasteiger partial charge is 0.496 e. The van der Waals surface area contributed by atoms with Crippen LogP contribution in [0.2, 0.25) is 0 Å². The molecule has 10 nitrogen and oxygen atoms in total. The molecule has 0 unspecified atom stereocenters. The van der Waals surface area contributed by atoms with Crippen LogP contribution in [0.4, 0.5) is 22.7 Å². The van der Waals surface area contributed by atoms with Gasteiger partial charge >= 0.3 is 0 Å². The van der Waals surface area contributed by atoms with E-state index >= 15 is 0 Å². The van der Waals surface area contributed by atoms with E-state index < -0.39 is 9.85 Å². The molecule has 0 spiro atoms. The molecule has 2 rings (SSSR count). The Kier molecular flexibility index (Phi) is 6.28. The Bertz CT molecular complexity index is 811. The number of methoxy groups -OCH3 is 1. The summed E-state index contributed by atoms with van der Waals surface area (Å²) in [6, 6.07) is 8.44. The quantitative estimate of drug-likeness (QED) is 0.456. The Morgan fingerprint density at radius 2 is 1.65 bits per heavy atom. The van der Waals surface area contributed by atoms with Gasteiger partial charge in [-0.1, -0.05) is 0 Å². The number of nitro benzene ring substituents is 2. The molecule has 0 aliphatic heterocycles. The van der Waals surface area contributed by atoms with E-state index in [9.17, 15) is 20.2 Å². The number of nitrogens with one attached hydrogen (secondary N) is 2. The zero-order valence-electron chi connectivity index (χ0n) is 14.0. The fourth-order valence-corrected chi connectivity index (χ4v) is 2.34. The van der Waals surface area contributed by atoms with Crippen LogP contribution in [0, 0.1) is 20.2 Å². The molecule has 0 saturated carbocycles. The number of nitro groups is 2. The van der Waals surface area contributed by atoms with Gasteiger partial charge in [0.05, 0.1) is 34.9 Å². The third-order valence-corrected chi connectivity index (χ3v) is 3.59. The van der Waals surface area contributed by atoms with E-state index in [2.05, 4.69) is 10.6 Å². The van der Waals surface area contributed by atoms with E-state index in [1.807, 2.05) is 0 Å². The maximum Gasteiger partial charge on any atom is 0.271 e. The number of ether oxygens (including phenoxy) is 1. The van der Waals surface area contributed by atoms with Crippen molar-refractivity contribution in [3.63, 3.8) is 0 Å². The first kappa shape index (κ1) is 18.9. The van der Waals surface area contributed by atoms with Gasteiger partial charge < -0.3 is 20.5 Å². The van der Waals surface area contributed by atoms with Crippen molar-refractivity contribution in [2.45, 2.75) is 6.54 Å². The number of nitrogens with zero attached hydrogens (tertiary/aromatic N) is 2. The molecule has 0 saturated heterocycles. The summed E-state index contributed by atoms with van der Waals surface area (Å²) in [4.78, 5) is 20.9. The zero-order chi connectivity index (χ0) is 19.1. The molecule has 0 aromatic heterocycles. The highest BCUT2D eigenvalue weighted by atomic mass is 16.6. The Morgan fingerprint density at radius 3 is 2.27 bits per heavy atom. The number of aliphatic hydroxyl groups is 1. The van der Waals surface area contributed by atoms with Crippen molar-refractivity contribution in [3.8, 4) is 5.75 Å². The van der Waals surface area contributed by atoms with Crippen LogP contribution < -0.4 is 15.4 Å². The summed E-state index contributed by atoms with van der Waals surface area (Å²) in [5, 5.41) is 36.9. The van der Waals surface area contributed by atoms with Crippen molar-refractivity contribution >= 4 is 22.7 Å². The first-order valence-corrected chi connectivity index (χ1v) is 7.64. The molecule has 0 heterocycles. The second kappa shape index (κ2) is 8.62. The van der Waals surface area contributed by atoms with Gasteiger partial charge in [-0.2, -0.15) is 0 Å². The number of non-ortho nitro benzene ring substituents is 2. The molecule has 0 fully saturated rings. The van der Waals surface area contributed by atoms with Crippen molar-refractivity contribution < 1.29 is 19.7 Å². The minimum atomic E-state index is -0.519. The van der Waals surface area contributed by atoms with Gasteiger partial charge in [-0.25, -0.2) is 0 Å². The monoisotopic (exact) mass is 362 g/mol. The van der Waals surface area contributed by atoms with Crippen molar-refractivity contribution in [2.75, 3.05) is 30.9 Å². The normalized spacial score (nSPS) is 10.2. The van der Waals surface area contributed by atoms with Gasteiger partial charge in [0.2, 0.25) is 0 Å². The first-order chi connectivity index (χ1) is 12.5. The molecule has 2 aromatic carbocycles. The third-order valence-electron chi connectivity index (χ3n) is 3.59. The predicted octanol–water partition coefficient (Wildman–Crippen LogP) is 2.53. The van der Waals surface area contributed by atoms with Gasteiger partial charge in [0.25, 0.3) is 11.4 Å². The van der Waals surface area contributed by atoms with Crippen LogP contribution in [0.1, 0.15) is 5.56 Å². The fraction of sp³-hybridized carbons (Fsp3) is 0.250. The topological polar surface area (TPSA) is 140 Å². The van der Waals surface area contributed by atoms with Crippen LogP contribution >= 0.6 is 0 Å². The lowest BCUT2D eigenvalue weighted by atomic mass is 10.1. The average molecular weight is 362 g/mol. The fourth-order valence-electron chi connectivity index (χ4n) is 2.34. The van der Waals surface area contributed by atoms with Crippen molar-refractivity contribution in [1.29, 1.82) is 0 Å². The zero-order valence-corrected chi connectivity index (χ0v) is 14.0. The Hall–Kier alpha value is -3.40. The number of anilines is 2. The van der Waals surface area contributed by atoms with Gasteiger partial charge in [0.1, 0.15) is 5.75 Å². The van der Waals surface area contributed by atoms with E-state index in [0.717, 1.165) is 0 Å². The number of aliphatic hydroxyl groups excluding tert-OH is 1. The van der Waals surface area contributed by atoms with E-state index in [0.29, 0.717) is 22.7 Å². The van der Waals surface area contributed by atoms with Crippen LogP contribution in [-0.2, 0) is 6.54 Å². The summed E-state index contributed by atoms with van der Waals surface area (Å²) in [6.07, 6.45) is 0. The highest BCUT2D eigenvalue weighted by molar-refractivity contribution is 5.72. The minimum absolute atomic E-state index is 0.0831. The number of rotatable bonds is 9. The van der Waals surface area contributed by atoms with Crippen molar-refractivity contribution in [2.24, 2.45) is 0 Å². The van der Waals surface area contributed by atoms with Gasteiger partial charge in [-0.3, -0.25) is 20.2 Å². The predicted molar refractivity (Wildman–Crippen MR) is 95.6 cm³/mol. The lowest BCUT2D eigenvalue weighted by Crippen LogP contribution is -2.10.